The highest BCUT2D eigenvalue weighted by molar-refractivity contribution is 5.72. The van der Waals surface area contributed by atoms with Gasteiger partial charge in [-0.1, -0.05) is 31.7 Å². The van der Waals surface area contributed by atoms with E-state index in [-0.39, 0.29) is 0 Å². The summed E-state index contributed by atoms with van der Waals surface area (Å²) in [6.07, 6.45) is 8.65. The minimum absolute atomic E-state index is 1.02. The molecule has 0 radical (unpaired) electrons. The first-order valence-corrected chi connectivity index (χ1v) is 4.11. The van der Waals surface area contributed by atoms with E-state index in [1.807, 2.05) is 24.4 Å². The molecular formula is C11H13N. The lowest BCUT2D eigenvalue weighted by Gasteiger charge is -1.99. The highest BCUT2D eigenvalue weighted by atomic mass is 14.6. The molecule has 0 aliphatic heterocycles. The largest absolute Gasteiger partial charge is 0.264 e. The highest BCUT2D eigenvalue weighted by Crippen LogP contribution is 2.13. The number of nitrogens with zero attached hydrogens (tertiary/aromatic N) is 1. The molecule has 0 amide bonds. The molecule has 1 aromatic heterocycles. The summed E-state index contributed by atoms with van der Waals surface area (Å²) < 4.78 is 0. The van der Waals surface area contributed by atoms with Gasteiger partial charge in [0, 0.05) is 12.4 Å². The molecule has 0 saturated heterocycles. The number of hydrogen-bond acceptors (Lipinski definition) is 1. The second-order valence-corrected chi connectivity index (χ2v) is 2.51. The summed E-state index contributed by atoms with van der Waals surface area (Å²) in [7, 11) is 0. The van der Waals surface area contributed by atoms with Crippen LogP contribution in [-0.2, 0) is 0 Å². The zero-order valence-electron chi connectivity index (χ0n) is 7.33. The Bertz CT molecular complexity index is 272. The molecule has 0 atom stereocenters. The summed E-state index contributed by atoms with van der Waals surface area (Å²) in [5.74, 6) is 0. The van der Waals surface area contributed by atoms with Gasteiger partial charge < -0.3 is 0 Å². The summed E-state index contributed by atoms with van der Waals surface area (Å²) in [5, 5.41) is 0. The van der Waals surface area contributed by atoms with Gasteiger partial charge >= 0.3 is 0 Å². The first kappa shape index (κ1) is 8.72. The Morgan fingerprint density at radius 2 is 2.50 bits per heavy atom. The molecule has 0 spiro atoms. The van der Waals surface area contributed by atoms with E-state index in [4.69, 9.17) is 0 Å². The molecule has 1 nitrogen and oxygen atoms in total. The molecule has 1 heterocycles. The lowest BCUT2D eigenvalue weighted by Crippen LogP contribution is -1.81. The van der Waals surface area contributed by atoms with Gasteiger partial charge in [-0.15, -0.1) is 0 Å². The van der Waals surface area contributed by atoms with Crippen LogP contribution < -0.4 is 0 Å². The fourth-order valence-corrected chi connectivity index (χ4v) is 1.07. The van der Waals surface area contributed by atoms with Crippen LogP contribution in [0.25, 0.3) is 5.57 Å². The summed E-state index contributed by atoms with van der Waals surface area (Å²) in [6.45, 7) is 5.87. The first-order chi connectivity index (χ1) is 5.88. The van der Waals surface area contributed by atoms with Gasteiger partial charge in [0.25, 0.3) is 0 Å². The van der Waals surface area contributed by atoms with Crippen LogP contribution in [0.3, 0.4) is 0 Å². The average Bonchev–Trinajstić information content (AvgIpc) is 2.15. The van der Waals surface area contributed by atoms with E-state index >= 15 is 0 Å². The molecule has 0 aliphatic carbocycles. The normalized spacial score (nSPS) is 11.2. The molecule has 1 heteroatoms. The van der Waals surface area contributed by atoms with Crippen LogP contribution in [-0.4, -0.2) is 4.98 Å². The molecule has 0 fully saturated rings. The van der Waals surface area contributed by atoms with Gasteiger partial charge in [-0.3, -0.25) is 4.98 Å². The van der Waals surface area contributed by atoms with Crippen molar-refractivity contribution in [1.82, 2.24) is 4.98 Å². The quantitative estimate of drug-likeness (QED) is 0.618. The van der Waals surface area contributed by atoms with Gasteiger partial charge in [0.2, 0.25) is 0 Å². The summed E-state index contributed by atoms with van der Waals surface area (Å²) in [6, 6.07) is 3.97. The van der Waals surface area contributed by atoms with Crippen molar-refractivity contribution >= 4 is 5.57 Å². The third-order valence-corrected chi connectivity index (χ3v) is 1.64. The summed E-state index contributed by atoms with van der Waals surface area (Å²) >= 11 is 0. The van der Waals surface area contributed by atoms with E-state index in [9.17, 15) is 0 Å². The lowest BCUT2D eigenvalue weighted by molar-refractivity contribution is 1.22. The molecule has 0 bridgehead atoms. The van der Waals surface area contributed by atoms with E-state index < -0.39 is 0 Å². The Balaban J connectivity index is 2.96. The number of pyridine rings is 1. The maximum absolute atomic E-state index is 4.05. The molecule has 0 aliphatic rings. The first-order valence-electron chi connectivity index (χ1n) is 4.11. The van der Waals surface area contributed by atoms with Crippen molar-refractivity contribution < 1.29 is 0 Å². The van der Waals surface area contributed by atoms with Gasteiger partial charge in [-0.2, -0.15) is 0 Å². The predicted octanol–water partition coefficient (Wildman–Crippen LogP) is 3.06. The average molecular weight is 159 g/mol. The van der Waals surface area contributed by atoms with Crippen molar-refractivity contribution in [2.24, 2.45) is 0 Å². The number of hydrogen-bond donors (Lipinski definition) is 0. The zero-order chi connectivity index (χ0) is 8.81. The monoisotopic (exact) mass is 159 g/mol. The fourth-order valence-electron chi connectivity index (χ4n) is 1.07. The van der Waals surface area contributed by atoms with E-state index in [0.717, 1.165) is 17.6 Å². The molecule has 0 aromatic carbocycles. The lowest BCUT2D eigenvalue weighted by atomic mass is 10.1. The fraction of sp³-hybridized carbons (Fsp3) is 0.182. The highest BCUT2D eigenvalue weighted by Gasteiger charge is 1.93. The standard InChI is InChI=1S/C11H13N/c1-3-6-10(4-2)11-7-5-8-12-9-11/h4-9H,2-3H2,1H3/b10-6+. The van der Waals surface area contributed by atoms with E-state index in [0.29, 0.717) is 0 Å². The van der Waals surface area contributed by atoms with E-state index in [1.165, 1.54) is 0 Å². The second kappa shape index (κ2) is 4.50. The van der Waals surface area contributed by atoms with E-state index in [1.54, 1.807) is 6.20 Å². The Labute approximate surface area is 73.5 Å². The van der Waals surface area contributed by atoms with Gasteiger partial charge in [-0.25, -0.2) is 0 Å². The molecule has 0 unspecified atom stereocenters. The van der Waals surface area contributed by atoms with Crippen molar-refractivity contribution in [3.05, 3.63) is 48.8 Å². The Morgan fingerprint density at radius 1 is 1.67 bits per heavy atom. The molecule has 1 rings (SSSR count). The van der Waals surface area contributed by atoms with Crippen molar-refractivity contribution in [1.29, 1.82) is 0 Å². The Morgan fingerprint density at radius 3 is 3.00 bits per heavy atom. The second-order valence-electron chi connectivity index (χ2n) is 2.51. The SMILES string of the molecule is C=C/C(=C\CC)c1cccnc1. The van der Waals surface area contributed by atoms with E-state index in [2.05, 4.69) is 24.6 Å². The Hall–Kier alpha value is -1.37. The van der Waals surface area contributed by atoms with Gasteiger partial charge in [-0.05, 0) is 23.6 Å². The topological polar surface area (TPSA) is 12.9 Å². The van der Waals surface area contributed by atoms with Gasteiger partial charge in [0.1, 0.15) is 0 Å². The minimum Gasteiger partial charge on any atom is -0.264 e. The smallest absolute Gasteiger partial charge is 0.0346 e. The van der Waals surface area contributed by atoms with Crippen molar-refractivity contribution in [3.63, 3.8) is 0 Å². The molecule has 0 saturated carbocycles. The van der Waals surface area contributed by atoms with Gasteiger partial charge in [0.05, 0.1) is 0 Å². The molecule has 62 valence electrons. The van der Waals surface area contributed by atoms with Crippen LogP contribution >= 0.6 is 0 Å². The summed E-state index contributed by atoms with van der Waals surface area (Å²) in [5.41, 5.74) is 2.29. The third-order valence-electron chi connectivity index (χ3n) is 1.64. The Kier molecular flexibility index (Phi) is 3.27. The third kappa shape index (κ3) is 2.06. The predicted molar refractivity (Wildman–Crippen MR) is 52.7 cm³/mol. The van der Waals surface area contributed by atoms with Crippen LogP contribution in [0.15, 0.2) is 43.3 Å². The van der Waals surface area contributed by atoms with Gasteiger partial charge in [0.15, 0.2) is 0 Å². The van der Waals surface area contributed by atoms with Crippen molar-refractivity contribution in [2.45, 2.75) is 13.3 Å². The zero-order valence-corrected chi connectivity index (χ0v) is 7.33. The van der Waals surface area contributed by atoms with Crippen LogP contribution in [0.5, 0.6) is 0 Å². The number of aromatic nitrogens is 1. The molecule has 0 N–H and O–H groups in total. The van der Waals surface area contributed by atoms with Crippen LogP contribution in [0.2, 0.25) is 0 Å². The van der Waals surface area contributed by atoms with Crippen LogP contribution in [0.4, 0.5) is 0 Å². The summed E-state index contributed by atoms with van der Waals surface area (Å²) in [4.78, 5) is 4.05. The maximum Gasteiger partial charge on any atom is 0.0346 e. The maximum atomic E-state index is 4.05. The van der Waals surface area contributed by atoms with Crippen molar-refractivity contribution in [2.75, 3.05) is 0 Å². The molecule has 1 aromatic rings. The molecular weight excluding hydrogens is 146 g/mol. The minimum atomic E-state index is 1.02. The van der Waals surface area contributed by atoms with Crippen LogP contribution in [0.1, 0.15) is 18.9 Å². The molecule has 12 heavy (non-hydrogen) atoms. The number of allylic oxidation sites excluding steroid dienone is 3. The van der Waals surface area contributed by atoms with Crippen molar-refractivity contribution in [3.8, 4) is 0 Å². The van der Waals surface area contributed by atoms with Crippen LogP contribution in [0, 0.1) is 0 Å². The number of rotatable bonds is 3.